The van der Waals surface area contributed by atoms with E-state index in [0.717, 1.165) is 68.0 Å². The summed E-state index contributed by atoms with van der Waals surface area (Å²) in [7, 11) is 2.82. The Morgan fingerprint density at radius 2 is 1.46 bits per heavy atom. The van der Waals surface area contributed by atoms with Crippen molar-refractivity contribution in [2.75, 3.05) is 31.3 Å². The first-order valence-electron chi connectivity index (χ1n) is 22.7. The highest BCUT2D eigenvalue weighted by Crippen LogP contribution is 2.41. The van der Waals surface area contributed by atoms with Gasteiger partial charge in [-0.3, -0.25) is 38.9 Å². The molecule has 0 fully saturated rings. The first-order valence-corrected chi connectivity index (χ1v) is 27.8. The van der Waals surface area contributed by atoms with Crippen LogP contribution in [0.3, 0.4) is 0 Å². The maximum atomic E-state index is 14.1. The van der Waals surface area contributed by atoms with Crippen LogP contribution >= 0.6 is 68.0 Å². The number of pyridine rings is 1. The molecule has 9 rings (SSSR count). The minimum absolute atomic E-state index is 0.00226. The lowest BCUT2D eigenvalue weighted by atomic mass is 10.0. The number of halogens is 3. The second-order valence-corrected chi connectivity index (χ2v) is 22.2. The van der Waals surface area contributed by atoms with Gasteiger partial charge in [-0.15, -0.1) is 56.7 Å². The maximum absolute atomic E-state index is 14.1. The van der Waals surface area contributed by atoms with E-state index < -0.39 is 72.3 Å². The predicted molar refractivity (Wildman–Crippen MR) is 284 cm³/mol. The molecule has 1 aliphatic heterocycles. The Hall–Kier alpha value is -7.81. The third kappa shape index (κ3) is 12.5. The van der Waals surface area contributed by atoms with Crippen molar-refractivity contribution in [2.24, 2.45) is 0 Å². The number of carbonyl (C=O) groups excluding carboxylic acids is 7. The highest BCUT2D eigenvalue weighted by molar-refractivity contribution is 7.16. The van der Waals surface area contributed by atoms with Gasteiger partial charge < -0.3 is 36.1 Å². The van der Waals surface area contributed by atoms with E-state index in [-0.39, 0.29) is 78.2 Å². The van der Waals surface area contributed by atoms with E-state index in [0.29, 0.717) is 31.6 Å². The SMILES string of the molecule is CNC(=O)C[C@@H]1NC(=O)c2csc(n2)-c2ccc(-c3nc(NC(=O)C(F)(F)F)cs3)nc2-c2csc(n2)-c2csc(n2)[C@H]([C@@H](OC(C)=O)c2ccccc2)NC(=O)CNC(=O)c2nc(sc2COC)NC(=O)c2nc1sc2C. The molecule has 8 aromatic rings. The molecule has 0 spiro atoms. The highest BCUT2D eigenvalue weighted by atomic mass is 32.1. The Bertz CT molecular complexity index is 3610. The van der Waals surface area contributed by atoms with Crippen molar-refractivity contribution < 1.29 is 56.2 Å². The van der Waals surface area contributed by atoms with E-state index in [1.165, 1.54) is 37.9 Å². The van der Waals surface area contributed by atoms with Gasteiger partial charge in [-0.2, -0.15) is 13.2 Å². The van der Waals surface area contributed by atoms with E-state index in [2.05, 4.69) is 46.5 Å². The zero-order chi connectivity index (χ0) is 55.4. The Morgan fingerprint density at radius 1 is 0.744 bits per heavy atom. The van der Waals surface area contributed by atoms with Crippen LogP contribution in [0.2, 0.25) is 0 Å². The molecule has 78 heavy (non-hydrogen) atoms. The van der Waals surface area contributed by atoms with E-state index in [1.807, 2.05) is 0 Å². The number of esters is 1. The molecule has 8 heterocycles. The molecule has 10 bridgehead atoms. The Labute approximate surface area is 462 Å². The molecular weight excluding hydrogens is 1140 g/mol. The minimum atomic E-state index is -5.17. The van der Waals surface area contributed by atoms with Crippen LogP contribution in [0.5, 0.6) is 0 Å². The standard InChI is InChI=1S/C47H38F3N13O9S6/c1-19-32-39(69)63-46-62-34(28(78-46)14-71-4)38(68)52-13-31(66)60-35(36(72-20(2)64)21-8-6-5-7-9-21)44-57-27(17-75-44)42-55-25(15-74-42)33-22(10-11-23(53-33)41-58-29(18-76-41)59-45(70)47(48,49)50)40-56-26(16-73-40)37(67)54-24(12-30(65)51-3)43(61-32)77-19/h5-11,15-18,24,35-36H,12-14H2,1-4H3,(H,51,65)(H,52,68)(H,54,67)(H,59,70)(H,60,66)(H,62,63,69)/t24-,35-,36-/m0/s1. The first-order chi connectivity index (χ1) is 37.3. The van der Waals surface area contributed by atoms with Gasteiger partial charge >= 0.3 is 18.1 Å². The average Bonchev–Trinajstić information content (AvgIpc) is 4.30. The van der Waals surface area contributed by atoms with E-state index in [4.69, 9.17) is 24.4 Å². The summed E-state index contributed by atoms with van der Waals surface area (Å²) >= 11 is 6.27. The quantitative estimate of drug-likeness (QED) is 0.0762. The van der Waals surface area contributed by atoms with Crippen molar-refractivity contribution in [2.45, 2.75) is 51.2 Å². The van der Waals surface area contributed by atoms with Gasteiger partial charge in [0, 0.05) is 53.0 Å². The molecule has 0 saturated carbocycles. The van der Waals surface area contributed by atoms with Crippen LogP contribution in [-0.4, -0.2) is 103 Å². The number of carbonyl (C=O) groups is 7. The normalized spacial score (nSPS) is 15.6. The maximum Gasteiger partial charge on any atom is 0.471 e. The highest BCUT2D eigenvalue weighted by Gasteiger charge is 2.39. The number of hydrogen-bond acceptors (Lipinski definition) is 22. The molecule has 0 unspecified atom stereocenters. The summed E-state index contributed by atoms with van der Waals surface area (Å²) in [6.07, 6.45) is -6.57. The third-order valence-corrected chi connectivity index (χ3v) is 16.6. The lowest BCUT2D eigenvalue weighted by molar-refractivity contribution is -0.167. The molecule has 1 aliphatic rings. The van der Waals surface area contributed by atoms with E-state index >= 15 is 0 Å². The van der Waals surface area contributed by atoms with Crippen LogP contribution in [0.15, 0.2) is 64.0 Å². The summed E-state index contributed by atoms with van der Waals surface area (Å²) in [5.74, 6) is -6.60. The molecule has 0 saturated heterocycles. The van der Waals surface area contributed by atoms with Gasteiger partial charge in [-0.05, 0) is 24.6 Å². The second-order valence-electron chi connectivity index (χ2n) is 16.4. The molecule has 0 aliphatic carbocycles. The van der Waals surface area contributed by atoms with Crippen LogP contribution < -0.4 is 31.9 Å². The number of ether oxygens (including phenoxy) is 2. The molecule has 22 nitrogen and oxygen atoms in total. The Kier molecular flexibility index (Phi) is 16.5. The summed E-state index contributed by atoms with van der Waals surface area (Å²) in [6, 6.07) is 9.60. The molecule has 7 aromatic heterocycles. The van der Waals surface area contributed by atoms with Crippen LogP contribution in [0.4, 0.5) is 24.1 Å². The number of hydrogen-bond donors (Lipinski definition) is 6. The van der Waals surface area contributed by atoms with Crippen molar-refractivity contribution in [1.82, 2.24) is 56.2 Å². The zero-order valence-corrected chi connectivity index (χ0v) is 45.5. The number of fused-ring (bicyclic) bond motifs is 14. The largest absolute Gasteiger partial charge is 0.471 e. The predicted octanol–water partition coefficient (Wildman–Crippen LogP) is 7.51. The van der Waals surface area contributed by atoms with Gasteiger partial charge in [0.2, 0.25) is 11.8 Å². The monoisotopic (exact) mass is 1180 g/mol. The zero-order valence-electron chi connectivity index (χ0n) is 40.6. The molecule has 0 radical (unpaired) electrons. The summed E-state index contributed by atoms with van der Waals surface area (Å²) in [6.45, 7) is 2.16. The lowest BCUT2D eigenvalue weighted by Gasteiger charge is -2.26. The van der Waals surface area contributed by atoms with Crippen molar-refractivity contribution in [1.29, 1.82) is 0 Å². The summed E-state index contributed by atoms with van der Waals surface area (Å²) < 4.78 is 50.6. The number of rotatable bonds is 9. The third-order valence-electron chi connectivity index (χ3n) is 11.0. The van der Waals surface area contributed by atoms with Gasteiger partial charge in [-0.25, -0.2) is 34.9 Å². The fourth-order valence-corrected chi connectivity index (χ4v) is 12.6. The number of aromatic nitrogens is 7. The van der Waals surface area contributed by atoms with Crippen LogP contribution in [0.1, 0.15) is 88.3 Å². The van der Waals surface area contributed by atoms with Crippen molar-refractivity contribution in [3.8, 4) is 43.4 Å². The van der Waals surface area contributed by atoms with Crippen molar-refractivity contribution in [3.05, 3.63) is 106 Å². The number of thiazole rings is 6. The summed E-state index contributed by atoms with van der Waals surface area (Å²) in [4.78, 5) is 126. The minimum Gasteiger partial charge on any atom is -0.455 e. The molecule has 402 valence electrons. The van der Waals surface area contributed by atoms with Crippen molar-refractivity contribution >= 4 is 120 Å². The molecular formula is C47H38F3N13O9S6. The number of benzene rings is 1. The van der Waals surface area contributed by atoms with Gasteiger partial charge in [0.15, 0.2) is 11.2 Å². The van der Waals surface area contributed by atoms with E-state index in [1.54, 1.807) is 59.4 Å². The van der Waals surface area contributed by atoms with Crippen LogP contribution in [0.25, 0.3) is 43.4 Å². The van der Waals surface area contributed by atoms with Gasteiger partial charge in [0.05, 0.1) is 36.2 Å². The van der Waals surface area contributed by atoms with Crippen LogP contribution in [-0.2, 0) is 35.3 Å². The van der Waals surface area contributed by atoms with Gasteiger partial charge in [0.1, 0.15) is 71.1 Å². The summed E-state index contributed by atoms with van der Waals surface area (Å²) in [5, 5.41) is 22.5. The number of methoxy groups -OCH3 is 1. The number of nitrogens with zero attached hydrogens (tertiary/aromatic N) is 7. The molecule has 6 amide bonds. The molecule has 31 heteroatoms. The first kappa shape index (κ1) is 55.0. The fourth-order valence-electron chi connectivity index (χ4n) is 7.46. The molecule has 1 aromatic carbocycles. The number of amides is 6. The van der Waals surface area contributed by atoms with Crippen LogP contribution in [0, 0.1) is 6.92 Å². The van der Waals surface area contributed by atoms with Crippen molar-refractivity contribution in [3.63, 3.8) is 0 Å². The summed E-state index contributed by atoms with van der Waals surface area (Å²) in [5.41, 5.74) is 1.60. The average molecular weight is 1180 g/mol. The number of alkyl halides is 3. The fraction of sp³-hybridized carbons (Fsp3) is 0.234. The smallest absolute Gasteiger partial charge is 0.455 e. The molecule has 6 N–H and O–H groups in total. The Morgan fingerprint density at radius 3 is 2.21 bits per heavy atom. The number of nitrogens with one attached hydrogen (secondary N) is 6. The molecule has 3 atom stereocenters. The lowest BCUT2D eigenvalue weighted by Crippen LogP contribution is -2.41. The number of anilines is 2. The number of aryl methyl sites for hydroxylation is 1. The van der Waals surface area contributed by atoms with E-state index in [9.17, 15) is 46.7 Å². The van der Waals surface area contributed by atoms with Gasteiger partial charge in [-0.1, -0.05) is 41.7 Å². The topological polar surface area (TPSA) is 300 Å². The van der Waals surface area contributed by atoms with Gasteiger partial charge in [0.25, 0.3) is 17.7 Å². The second kappa shape index (κ2) is 23.4. The Balaban J connectivity index is 1.14.